The van der Waals surface area contributed by atoms with E-state index in [1.807, 2.05) is 24.3 Å². The minimum Gasteiger partial charge on any atom is -0.465 e. The molecule has 21 heavy (non-hydrogen) atoms. The number of hydrogen-bond donors (Lipinski definition) is 0. The van der Waals surface area contributed by atoms with E-state index in [0.29, 0.717) is 10.7 Å². The molecule has 1 aromatic heterocycles. The monoisotopic (exact) mass is 363 g/mol. The summed E-state index contributed by atoms with van der Waals surface area (Å²) in [6.07, 6.45) is 3.11. The summed E-state index contributed by atoms with van der Waals surface area (Å²) in [6, 6.07) is 11.0. The van der Waals surface area contributed by atoms with Gasteiger partial charge < -0.3 is 4.42 Å². The van der Waals surface area contributed by atoms with Crippen LogP contribution in [0.3, 0.4) is 0 Å². The second-order valence-corrected chi connectivity index (χ2v) is 6.22. The molecule has 2 heterocycles. The Morgan fingerprint density at radius 2 is 2.00 bits per heavy atom. The summed E-state index contributed by atoms with van der Waals surface area (Å²) < 4.78 is 6.05. The van der Waals surface area contributed by atoms with Gasteiger partial charge in [0, 0.05) is 10.5 Å². The molecule has 2 aromatic rings. The standard InChI is InChI=1S/C15H10BrNO3S/c16-12-6-2-1-4-10(12)9-17-14(18)13(21-15(17)19)8-11-5-3-7-20-11/h1-8H,9H2/b13-8+. The third-order valence-corrected chi connectivity index (χ3v) is 4.66. The van der Waals surface area contributed by atoms with E-state index in [1.54, 1.807) is 18.2 Å². The Bertz CT molecular complexity index is 724. The normalized spacial score (nSPS) is 17.0. The molecule has 1 aliphatic rings. The first kappa shape index (κ1) is 14.2. The predicted octanol–water partition coefficient (Wildman–Crippen LogP) is 4.28. The van der Waals surface area contributed by atoms with Crippen LogP contribution in [0.15, 0.2) is 56.5 Å². The summed E-state index contributed by atoms with van der Waals surface area (Å²) in [5, 5.41) is -0.270. The van der Waals surface area contributed by atoms with Gasteiger partial charge >= 0.3 is 0 Å². The number of carbonyl (C=O) groups excluding carboxylic acids is 2. The van der Waals surface area contributed by atoms with Crippen LogP contribution in [0.4, 0.5) is 4.79 Å². The highest BCUT2D eigenvalue weighted by Crippen LogP contribution is 2.34. The van der Waals surface area contributed by atoms with Crippen molar-refractivity contribution in [1.29, 1.82) is 0 Å². The molecule has 106 valence electrons. The van der Waals surface area contributed by atoms with Crippen LogP contribution in [0.5, 0.6) is 0 Å². The second kappa shape index (κ2) is 5.91. The lowest BCUT2D eigenvalue weighted by Gasteiger charge is -2.13. The molecule has 1 aromatic carbocycles. The average molecular weight is 364 g/mol. The predicted molar refractivity (Wildman–Crippen MR) is 84.4 cm³/mol. The molecule has 1 saturated heterocycles. The minimum absolute atomic E-state index is 0.252. The van der Waals surface area contributed by atoms with Gasteiger partial charge in [0.15, 0.2) is 0 Å². The Balaban J connectivity index is 1.83. The highest BCUT2D eigenvalue weighted by atomic mass is 79.9. The summed E-state index contributed by atoms with van der Waals surface area (Å²) in [5.41, 5.74) is 0.888. The third-order valence-electron chi connectivity index (χ3n) is 2.98. The molecule has 6 heteroatoms. The number of amides is 2. The molecule has 0 radical (unpaired) electrons. The third kappa shape index (κ3) is 2.96. The lowest BCUT2D eigenvalue weighted by molar-refractivity contribution is -0.123. The number of imide groups is 1. The van der Waals surface area contributed by atoms with E-state index in [0.717, 1.165) is 21.8 Å². The summed E-state index contributed by atoms with van der Waals surface area (Å²) in [4.78, 5) is 25.9. The van der Waals surface area contributed by atoms with Crippen LogP contribution in [0.25, 0.3) is 6.08 Å². The van der Waals surface area contributed by atoms with E-state index in [1.165, 1.54) is 11.2 Å². The maximum atomic E-state index is 12.3. The van der Waals surface area contributed by atoms with Gasteiger partial charge in [0.25, 0.3) is 11.1 Å². The van der Waals surface area contributed by atoms with Gasteiger partial charge in [0.2, 0.25) is 0 Å². The van der Waals surface area contributed by atoms with Crippen molar-refractivity contribution in [3.8, 4) is 0 Å². The fourth-order valence-corrected chi connectivity index (χ4v) is 3.16. The zero-order chi connectivity index (χ0) is 14.8. The van der Waals surface area contributed by atoms with Crippen molar-refractivity contribution in [3.05, 3.63) is 63.4 Å². The van der Waals surface area contributed by atoms with E-state index in [4.69, 9.17) is 4.42 Å². The van der Waals surface area contributed by atoms with Crippen LogP contribution in [-0.4, -0.2) is 16.0 Å². The van der Waals surface area contributed by atoms with E-state index in [9.17, 15) is 9.59 Å². The second-order valence-electron chi connectivity index (χ2n) is 4.37. The van der Waals surface area contributed by atoms with E-state index in [-0.39, 0.29) is 17.7 Å². The van der Waals surface area contributed by atoms with Crippen LogP contribution >= 0.6 is 27.7 Å². The SMILES string of the molecule is O=C1S/C(=C/c2ccco2)C(=O)N1Cc1ccccc1Br. The summed E-state index contributed by atoms with van der Waals surface area (Å²) in [7, 11) is 0. The molecule has 0 N–H and O–H groups in total. The number of hydrogen-bond acceptors (Lipinski definition) is 4. The summed E-state index contributed by atoms with van der Waals surface area (Å²) in [6.45, 7) is 0.252. The fourth-order valence-electron chi connectivity index (χ4n) is 1.94. The van der Waals surface area contributed by atoms with Gasteiger partial charge in [0.05, 0.1) is 17.7 Å². The van der Waals surface area contributed by atoms with Crippen molar-refractivity contribution < 1.29 is 14.0 Å². The molecule has 0 bridgehead atoms. The maximum absolute atomic E-state index is 12.3. The van der Waals surface area contributed by atoms with Crippen molar-refractivity contribution in [2.45, 2.75) is 6.54 Å². The van der Waals surface area contributed by atoms with Crippen molar-refractivity contribution in [1.82, 2.24) is 4.90 Å². The Hall–Kier alpha value is -1.79. The first-order chi connectivity index (χ1) is 10.1. The molecule has 2 amide bonds. The van der Waals surface area contributed by atoms with Crippen molar-refractivity contribution >= 4 is 44.9 Å². The van der Waals surface area contributed by atoms with Gasteiger partial charge in [-0.2, -0.15) is 0 Å². The van der Waals surface area contributed by atoms with Crippen molar-refractivity contribution in [3.63, 3.8) is 0 Å². The lowest BCUT2D eigenvalue weighted by atomic mass is 10.2. The van der Waals surface area contributed by atoms with Gasteiger partial charge in [-0.1, -0.05) is 34.1 Å². The van der Waals surface area contributed by atoms with Crippen LogP contribution in [0.1, 0.15) is 11.3 Å². The molecule has 4 nitrogen and oxygen atoms in total. The van der Waals surface area contributed by atoms with Gasteiger partial charge in [-0.25, -0.2) is 0 Å². The lowest BCUT2D eigenvalue weighted by Crippen LogP contribution is -2.27. The zero-order valence-electron chi connectivity index (χ0n) is 10.8. The molecule has 1 fully saturated rings. The smallest absolute Gasteiger partial charge is 0.293 e. The van der Waals surface area contributed by atoms with Crippen LogP contribution < -0.4 is 0 Å². The van der Waals surface area contributed by atoms with Gasteiger partial charge in [0.1, 0.15) is 5.76 Å². The van der Waals surface area contributed by atoms with E-state index >= 15 is 0 Å². The Morgan fingerprint density at radius 1 is 1.19 bits per heavy atom. The number of benzene rings is 1. The molecule has 1 aliphatic heterocycles. The highest BCUT2D eigenvalue weighted by Gasteiger charge is 2.35. The molecule has 0 aliphatic carbocycles. The van der Waals surface area contributed by atoms with Gasteiger partial charge in [-0.15, -0.1) is 0 Å². The van der Waals surface area contributed by atoms with Gasteiger partial charge in [-0.05, 0) is 35.5 Å². The molecule has 3 rings (SSSR count). The number of furan rings is 1. The molecule has 0 unspecified atom stereocenters. The Morgan fingerprint density at radius 3 is 2.71 bits per heavy atom. The summed E-state index contributed by atoms with van der Waals surface area (Å²) >= 11 is 4.35. The molecule has 0 spiro atoms. The average Bonchev–Trinajstić information content (AvgIpc) is 3.05. The first-order valence-electron chi connectivity index (χ1n) is 6.17. The van der Waals surface area contributed by atoms with Crippen molar-refractivity contribution in [2.75, 3.05) is 0 Å². The number of carbonyl (C=O) groups is 2. The van der Waals surface area contributed by atoms with Crippen LogP contribution in [0, 0.1) is 0 Å². The zero-order valence-corrected chi connectivity index (χ0v) is 13.2. The summed E-state index contributed by atoms with van der Waals surface area (Å²) in [5.74, 6) is 0.263. The Kier molecular flexibility index (Phi) is 3.98. The van der Waals surface area contributed by atoms with E-state index in [2.05, 4.69) is 15.9 Å². The molecule has 0 atom stereocenters. The minimum atomic E-state index is -0.294. The fraction of sp³-hybridized carbons (Fsp3) is 0.0667. The quantitative estimate of drug-likeness (QED) is 0.763. The number of thioether (sulfide) groups is 1. The molecular weight excluding hydrogens is 354 g/mol. The topological polar surface area (TPSA) is 50.5 Å². The first-order valence-corrected chi connectivity index (χ1v) is 7.78. The van der Waals surface area contributed by atoms with Crippen molar-refractivity contribution in [2.24, 2.45) is 0 Å². The Labute approximate surface area is 133 Å². The maximum Gasteiger partial charge on any atom is 0.293 e. The van der Waals surface area contributed by atoms with E-state index < -0.39 is 0 Å². The molecule has 0 saturated carbocycles. The molecular formula is C15H10BrNO3S. The largest absolute Gasteiger partial charge is 0.465 e. The highest BCUT2D eigenvalue weighted by molar-refractivity contribution is 9.10. The number of rotatable bonds is 3. The number of halogens is 1. The number of nitrogens with zero attached hydrogens (tertiary/aromatic N) is 1. The van der Waals surface area contributed by atoms with Crippen LogP contribution in [-0.2, 0) is 11.3 Å². The van der Waals surface area contributed by atoms with Gasteiger partial charge in [-0.3, -0.25) is 14.5 Å². The van der Waals surface area contributed by atoms with Crippen LogP contribution in [0.2, 0.25) is 0 Å².